The number of alkyl halides is 3. The van der Waals surface area contributed by atoms with E-state index in [2.05, 4.69) is 4.74 Å². The van der Waals surface area contributed by atoms with E-state index >= 15 is 0 Å². The number of Topliss-reactive ketones (excluding diaryl/α,β-unsaturated/α-hetero) is 1. The number of rotatable bonds is 8. The molecule has 0 aliphatic carbocycles. The second kappa shape index (κ2) is 9.13. The zero-order valence-corrected chi connectivity index (χ0v) is 17.1. The van der Waals surface area contributed by atoms with Crippen molar-refractivity contribution in [3.63, 3.8) is 0 Å². The first-order chi connectivity index (χ1) is 13.9. The minimum absolute atomic E-state index is 0.0148. The summed E-state index contributed by atoms with van der Waals surface area (Å²) >= 11 is 5.12. The lowest BCUT2D eigenvalue weighted by Gasteiger charge is -2.28. The van der Waals surface area contributed by atoms with Crippen molar-refractivity contribution in [3.8, 4) is 17.6 Å². The Morgan fingerprint density at radius 1 is 1.20 bits per heavy atom. The largest absolute Gasteiger partial charge is 0.573 e. The Balaban J connectivity index is 2.13. The van der Waals surface area contributed by atoms with Crippen LogP contribution < -0.4 is 15.2 Å². The Bertz CT molecular complexity index is 984. The van der Waals surface area contributed by atoms with Gasteiger partial charge in [-0.25, -0.2) is 0 Å². The van der Waals surface area contributed by atoms with E-state index in [-0.39, 0.29) is 29.4 Å². The molecule has 0 bridgehead atoms. The number of aryl methyl sites for hydroxylation is 1. The molecule has 1 atom stereocenters. The van der Waals surface area contributed by atoms with Gasteiger partial charge in [-0.2, -0.15) is 5.26 Å². The molecule has 2 aromatic carbocycles. The summed E-state index contributed by atoms with van der Waals surface area (Å²) in [7, 11) is 0. The highest BCUT2D eigenvalue weighted by atomic mass is 32.1. The van der Waals surface area contributed by atoms with Crippen LogP contribution in [0.3, 0.4) is 0 Å². The van der Waals surface area contributed by atoms with Gasteiger partial charge in [-0.3, -0.25) is 4.79 Å². The molecule has 1 unspecified atom stereocenters. The average Bonchev–Trinajstić information content (AvgIpc) is 2.66. The molecule has 2 rings (SSSR count). The van der Waals surface area contributed by atoms with Gasteiger partial charge in [0, 0.05) is 12.0 Å². The first-order valence-electron chi connectivity index (χ1n) is 8.76. The Hall–Kier alpha value is -3.12. The van der Waals surface area contributed by atoms with Crippen molar-refractivity contribution in [1.82, 2.24) is 0 Å². The fraction of sp³-hybridized carbons (Fsp3) is 0.286. The second-order valence-electron chi connectivity index (χ2n) is 6.98. The molecule has 5 nitrogen and oxygen atoms in total. The first kappa shape index (κ1) is 23.2. The average molecular weight is 436 g/mol. The minimum Gasteiger partial charge on any atom is -0.492 e. The fourth-order valence-electron chi connectivity index (χ4n) is 2.57. The molecule has 9 heteroatoms. The van der Waals surface area contributed by atoms with Crippen molar-refractivity contribution in [2.45, 2.75) is 26.6 Å². The Morgan fingerprint density at radius 3 is 2.37 bits per heavy atom. The predicted octanol–water partition coefficient (Wildman–Crippen LogP) is 4.71. The molecule has 0 heterocycles. The van der Waals surface area contributed by atoms with Crippen LogP contribution in [-0.2, 0) is 0 Å². The van der Waals surface area contributed by atoms with Gasteiger partial charge in [-0.1, -0.05) is 18.3 Å². The number of hydrogen-bond donors (Lipinski definition) is 1. The van der Waals surface area contributed by atoms with E-state index in [1.165, 1.54) is 12.1 Å². The highest BCUT2D eigenvalue weighted by Gasteiger charge is 2.33. The van der Waals surface area contributed by atoms with Crippen molar-refractivity contribution in [2.75, 3.05) is 6.61 Å². The number of ketones is 1. The molecule has 2 aromatic rings. The van der Waals surface area contributed by atoms with Crippen LogP contribution in [0.25, 0.3) is 0 Å². The van der Waals surface area contributed by atoms with Gasteiger partial charge >= 0.3 is 6.36 Å². The highest BCUT2D eigenvalue weighted by Crippen LogP contribution is 2.29. The van der Waals surface area contributed by atoms with Crippen LogP contribution in [0, 0.1) is 23.7 Å². The number of thiocarbonyl (C=S) groups is 1. The van der Waals surface area contributed by atoms with Crippen LogP contribution in [0.4, 0.5) is 13.2 Å². The summed E-state index contributed by atoms with van der Waals surface area (Å²) in [6, 6.07) is 11.6. The molecule has 0 amide bonds. The number of hydrogen-bond acceptors (Lipinski definition) is 5. The Labute approximate surface area is 177 Å². The summed E-state index contributed by atoms with van der Waals surface area (Å²) in [6.45, 7) is 3.46. The third-order valence-electron chi connectivity index (χ3n) is 4.42. The Morgan fingerprint density at radius 2 is 1.83 bits per heavy atom. The quantitative estimate of drug-likeness (QED) is 0.477. The van der Waals surface area contributed by atoms with Crippen molar-refractivity contribution in [1.29, 1.82) is 5.26 Å². The lowest BCUT2D eigenvalue weighted by molar-refractivity contribution is -0.274. The monoisotopic (exact) mass is 436 g/mol. The summed E-state index contributed by atoms with van der Waals surface area (Å²) in [5, 5.41) is 9.03. The summed E-state index contributed by atoms with van der Waals surface area (Å²) in [5.74, 6) is -0.320. The van der Waals surface area contributed by atoms with Crippen LogP contribution >= 0.6 is 12.2 Å². The topological polar surface area (TPSA) is 85.3 Å². The summed E-state index contributed by atoms with van der Waals surface area (Å²) in [4.78, 5) is 12.7. The van der Waals surface area contributed by atoms with Crippen LogP contribution in [0.2, 0.25) is 0 Å². The number of benzene rings is 2. The van der Waals surface area contributed by atoms with Gasteiger partial charge in [0.1, 0.15) is 18.1 Å². The van der Waals surface area contributed by atoms with E-state index in [1.807, 2.05) is 13.0 Å². The predicted molar refractivity (Wildman–Crippen MR) is 108 cm³/mol. The number of nitriles is 1. The highest BCUT2D eigenvalue weighted by molar-refractivity contribution is 7.80. The lowest BCUT2D eigenvalue weighted by atomic mass is 9.84. The molecule has 0 aliphatic heterocycles. The zero-order valence-electron chi connectivity index (χ0n) is 16.2. The number of halogens is 3. The van der Waals surface area contributed by atoms with Crippen LogP contribution in [0.1, 0.15) is 34.8 Å². The van der Waals surface area contributed by atoms with Gasteiger partial charge in [0.2, 0.25) is 0 Å². The maximum atomic E-state index is 12.7. The Kier molecular flexibility index (Phi) is 7.05. The normalized spacial score (nSPS) is 13.1. The lowest BCUT2D eigenvalue weighted by Crippen LogP contribution is -2.40. The van der Waals surface area contributed by atoms with Gasteiger partial charge in [-0.15, -0.1) is 13.2 Å². The number of nitrogens with zero attached hydrogens (tertiary/aromatic N) is 1. The maximum Gasteiger partial charge on any atom is 0.573 e. The van der Waals surface area contributed by atoms with Gasteiger partial charge in [-0.05, 0) is 55.8 Å². The summed E-state index contributed by atoms with van der Waals surface area (Å²) in [6.07, 6.45) is -4.92. The van der Waals surface area contributed by atoms with E-state index in [1.54, 1.807) is 25.1 Å². The molecule has 0 saturated carbocycles. The van der Waals surface area contributed by atoms with E-state index in [0.29, 0.717) is 11.3 Å². The van der Waals surface area contributed by atoms with E-state index < -0.39 is 17.5 Å². The maximum absolute atomic E-state index is 12.7. The van der Waals surface area contributed by atoms with Gasteiger partial charge in [0.05, 0.1) is 22.0 Å². The zero-order chi connectivity index (χ0) is 22.5. The van der Waals surface area contributed by atoms with Gasteiger partial charge in [0.25, 0.3) is 0 Å². The third kappa shape index (κ3) is 6.19. The fourth-order valence-corrected chi connectivity index (χ4v) is 2.70. The summed E-state index contributed by atoms with van der Waals surface area (Å²) < 4.78 is 46.4. The number of carbonyl (C=O) groups excluding carboxylic acids is 1. The molecule has 0 aromatic heterocycles. The van der Waals surface area contributed by atoms with Crippen LogP contribution in [0.15, 0.2) is 42.5 Å². The van der Waals surface area contributed by atoms with E-state index in [9.17, 15) is 18.0 Å². The number of nitrogens with two attached hydrogens (primary N) is 1. The third-order valence-corrected chi connectivity index (χ3v) is 4.91. The molecular weight excluding hydrogens is 417 g/mol. The second-order valence-corrected chi connectivity index (χ2v) is 7.42. The number of ether oxygens (including phenoxy) is 2. The van der Waals surface area contributed by atoms with Crippen molar-refractivity contribution in [2.24, 2.45) is 11.1 Å². The van der Waals surface area contributed by atoms with Crippen molar-refractivity contribution in [3.05, 3.63) is 59.2 Å². The minimum atomic E-state index is -4.81. The molecule has 2 N–H and O–H groups in total. The standard InChI is InChI=1S/C21H19F3N2O3S/c1-13-3-4-14(11-25)9-18(13)28-12-20(2,19(26)30)10-17(27)15-5-7-16(8-6-15)29-21(22,23)24/h3-9H,10,12H2,1-2H3,(H2,26,30). The van der Waals surface area contributed by atoms with Crippen LogP contribution in [-0.4, -0.2) is 23.7 Å². The molecule has 0 saturated heterocycles. The van der Waals surface area contributed by atoms with Gasteiger partial charge < -0.3 is 15.2 Å². The van der Waals surface area contributed by atoms with Crippen LogP contribution in [0.5, 0.6) is 11.5 Å². The summed E-state index contributed by atoms with van der Waals surface area (Å²) in [5.41, 5.74) is 6.25. The molecule has 0 spiro atoms. The van der Waals surface area contributed by atoms with Crippen molar-refractivity contribution >= 4 is 23.0 Å². The SMILES string of the molecule is Cc1ccc(C#N)cc1OCC(C)(CC(=O)c1ccc(OC(F)(F)F)cc1)C(N)=S. The molecule has 158 valence electrons. The molecule has 30 heavy (non-hydrogen) atoms. The van der Waals surface area contributed by atoms with E-state index in [0.717, 1.165) is 17.7 Å². The van der Waals surface area contributed by atoms with E-state index in [4.69, 9.17) is 28.0 Å². The first-order valence-corrected chi connectivity index (χ1v) is 9.17. The number of carbonyl (C=O) groups is 1. The molecule has 0 radical (unpaired) electrons. The van der Waals surface area contributed by atoms with Gasteiger partial charge in [0.15, 0.2) is 5.78 Å². The molecule has 0 fully saturated rings. The molecule has 0 aliphatic rings. The van der Waals surface area contributed by atoms with Crippen molar-refractivity contribution < 1.29 is 27.4 Å². The molecular formula is C21H19F3N2O3S. The smallest absolute Gasteiger partial charge is 0.492 e.